The molecule has 0 aliphatic heterocycles. The summed E-state index contributed by atoms with van der Waals surface area (Å²) in [4.78, 5) is 15.1. The van der Waals surface area contributed by atoms with Gasteiger partial charge in [-0.05, 0) is 12.1 Å². The lowest BCUT2D eigenvalue weighted by molar-refractivity contribution is 0.0600. The number of fused-ring (bicyclic) bond motifs is 1. The van der Waals surface area contributed by atoms with Crippen molar-refractivity contribution in [3.63, 3.8) is 0 Å². The van der Waals surface area contributed by atoms with Gasteiger partial charge in [-0.15, -0.1) is 0 Å². The number of aromatic nitrogens is 2. The molecule has 0 atom stereocenters. The molecule has 0 fully saturated rings. The van der Waals surface area contributed by atoms with Gasteiger partial charge in [0, 0.05) is 6.20 Å². The lowest BCUT2D eigenvalue weighted by Crippen LogP contribution is -2.29. The quantitative estimate of drug-likeness (QED) is 0.818. The number of hydrogen-bond acceptors (Lipinski definition) is 5. The predicted octanol–water partition coefficient (Wildman–Crippen LogP) is 0.664. The third-order valence-electron chi connectivity index (χ3n) is 2.60. The van der Waals surface area contributed by atoms with Crippen molar-refractivity contribution >= 4 is 21.5 Å². The van der Waals surface area contributed by atoms with Crippen molar-refractivity contribution in [3.8, 4) is 0 Å². The molecule has 0 aliphatic rings. The molecule has 0 spiro atoms. The SMILES string of the molecule is COC(=O)c1ccc2c(S(=O)(=O)NCC(F)F)ncn2c1. The highest BCUT2D eigenvalue weighted by Crippen LogP contribution is 2.16. The predicted molar refractivity (Wildman–Crippen MR) is 67.7 cm³/mol. The number of methoxy groups -OCH3 is 1. The second kappa shape index (κ2) is 5.74. The molecule has 2 aromatic rings. The van der Waals surface area contributed by atoms with Crippen molar-refractivity contribution in [2.75, 3.05) is 13.7 Å². The molecule has 10 heteroatoms. The van der Waals surface area contributed by atoms with Crippen LogP contribution in [0.3, 0.4) is 0 Å². The van der Waals surface area contributed by atoms with Crippen molar-refractivity contribution in [1.29, 1.82) is 0 Å². The van der Waals surface area contributed by atoms with Gasteiger partial charge in [0.25, 0.3) is 16.4 Å². The molecule has 0 aliphatic carbocycles. The summed E-state index contributed by atoms with van der Waals surface area (Å²) in [5.41, 5.74) is 0.358. The van der Waals surface area contributed by atoms with Gasteiger partial charge in [-0.1, -0.05) is 0 Å². The van der Waals surface area contributed by atoms with E-state index >= 15 is 0 Å². The normalized spacial score (nSPS) is 12.0. The Hall–Kier alpha value is -2.07. The topological polar surface area (TPSA) is 89.8 Å². The Morgan fingerprint density at radius 3 is 2.81 bits per heavy atom. The Kier molecular flexibility index (Phi) is 4.19. The molecule has 21 heavy (non-hydrogen) atoms. The summed E-state index contributed by atoms with van der Waals surface area (Å²) in [6.45, 7) is -0.998. The fourth-order valence-electron chi connectivity index (χ4n) is 1.66. The van der Waals surface area contributed by atoms with Gasteiger partial charge in [-0.3, -0.25) is 0 Å². The first-order valence-electron chi connectivity index (χ1n) is 5.68. The van der Waals surface area contributed by atoms with E-state index in [0.29, 0.717) is 0 Å². The number of rotatable bonds is 5. The molecule has 0 saturated carbocycles. The molecule has 0 unspecified atom stereocenters. The Morgan fingerprint density at radius 1 is 1.48 bits per heavy atom. The highest BCUT2D eigenvalue weighted by atomic mass is 32.2. The third kappa shape index (κ3) is 3.16. The van der Waals surface area contributed by atoms with Crippen LogP contribution in [0.2, 0.25) is 0 Å². The standard InChI is InChI=1S/C11H11F2N3O4S/c1-20-11(17)7-2-3-8-10(14-6-16(8)5-7)21(18,19)15-4-9(12)13/h2-3,5-6,9,15H,4H2,1H3. The first kappa shape index (κ1) is 15.3. The van der Waals surface area contributed by atoms with Crippen molar-refractivity contribution in [3.05, 3.63) is 30.2 Å². The summed E-state index contributed by atoms with van der Waals surface area (Å²) >= 11 is 0. The molecule has 114 valence electrons. The van der Waals surface area contributed by atoms with E-state index in [1.54, 1.807) is 4.72 Å². The van der Waals surface area contributed by atoms with Crippen LogP contribution in [-0.4, -0.2) is 43.9 Å². The van der Waals surface area contributed by atoms with E-state index in [1.165, 1.54) is 36.2 Å². The van der Waals surface area contributed by atoms with Crippen molar-refractivity contribution in [1.82, 2.24) is 14.1 Å². The van der Waals surface area contributed by atoms with Crippen LogP contribution in [0.15, 0.2) is 29.7 Å². The maximum absolute atomic E-state index is 12.1. The number of nitrogens with zero attached hydrogens (tertiary/aromatic N) is 2. The Morgan fingerprint density at radius 2 is 2.19 bits per heavy atom. The largest absolute Gasteiger partial charge is 0.465 e. The van der Waals surface area contributed by atoms with Crippen LogP contribution >= 0.6 is 0 Å². The van der Waals surface area contributed by atoms with Crippen LogP contribution in [0.5, 0.6) is 0 Å². The minimum atomic E-state index is -4.16. The number of sulfonamides is 1. The van der Waals surface area contributed by atoms with Gasteiger partial charge in [0.1, 0.15) is 6.33 Å². The Balaban J connectivity index is 2.41. The molecule has 0 amide bonds. The van der Waals surface area contributed by atoms with Gasteiger partial charge in [0.05, 0.1) is 24.7 Å². The molecular weight excluding hydrogens is 308 g/mol. The molecule has 0 saturated heterocycles. The molecule has 0 bridgehead atoms. The second-order valence-corrected chi connectivity index (χ2v) is 5.68. The summed E-state index contributed by atoms with van der Waals surface area (Å²) in [5.74, 6) is -0.592. The van der Waals surface area contributed by atoms with E-state index in [1.807, 2.05) is 0 Å². The number of halogens is 2. The summed E-state index contributed by atoms with van der Waals surface area (Å²) in [6, 6.07) is 2.70. The van der Waals surface area contributed by atoms with Crippen LogP contribution < -0.4 is 4.72 Å². The zero-order valence-corrected chi connectivity index (χ0v) is 11.6. The number of pyridine rings is 1. The fraction of sp³-hybridized carbons (Fsp3) is 0.273. The van der Waals surface area contributed by atoms with Gasteiger partial charge in [-0.2, -0.15) is 0 Å². The van der Waals surface area contributed by atoms with Crippen LogP contribution in [0.25, 0.3) is 5.52 Å². The summed E-state index contributed by atoms with van der Waals surface area (Å²) in [5, 5.41) is -0.389. The first-order chi connectivity index (χ1) is 9.85. The molecule has 2 heterocycles. The van der Waals surface area contributed by atoms with E-state index in [9.17, 15) is 22.0 Å². The number of imidazole rings is 1. The van der Waals surface area contributed by atoms with Gasteiger partial charge >= 0.3 is 5.97 Å². The third-order valence-corrected chi connectivity index (χ3v) is 3.97. The fourth-order valence-corrected chi connectivity index (χ4v) is 2.78. The molecule has 0 aromatic carbocycles. The number of carbonyl (C=O) groups is 1. The van der Waals surface area contributed by atoms with E-state index in [4.69, 9.17) is 0 Å². The Labute approximate surface area is 118 Å². The van der Waals surface area contributed by atoms with Crippen molar-refractivity contribution in [2.24, 2.45) is 0 Å². The average molecular weight is 319 g/mol. The first-order valence-corrected chi connectivity index (χ1v) is 7.16. The van der Waals surface area contributed by atoms with E-state index < -0.39 is 29.0 Å². The second-order valence-electron chi connectivity index (χ2n) is 3.99. The summed E-state index contributed by atoms with van der Waals surface area (Å²) in [6.07, 6.45) is -0.307. The zero-order valence-electron chi connectivity index (χ0n) is 10.8. The highest BCUT2D eigenvalue weighted by molar-refractivity contribution is 7.89. The summed E-state index contributed by atoms with van der Waals surface area (Å²) in [7, 11) is -2.94. The number of nitrogens with one attached hydrogen (secondary N) is 1. The van der Waals surface area contributed by atoms with Gasteiger partial charge in [0.2, 0.25) is 0 Å². The molecule has 2 aromatic heterocycles. The smallest absolute Gasteiger partial charge is 0.339 e. The number of alkyl halides is 2. The molecule has 1 N–H and O–H groups in total. The molecule has 2 rings (SSSR count). The van der Waals surface area contributed by atoms with Gasteiger partial charge in [0.15, 0.2) is 5.03 Å². The average Bonchev–Trinajstić information content (AvgIpc) is 2.88. The van der Waals surface area contributed by atoms with Gasteiger partial charge < -0.3 is 9.14 Å². The Bertz CT molecular complexity index is 773. The zero-order chi connectivity index (χ0) is 15.6. The monoisotopic (exact) mass is 319 g/mol. The number of esters is 1. The minimum Gasteiger partial charge on any atom is -0.465 e. The maximum Gasteiger partial charge on any atom is 0.339 e. The van der Waals surface area contributed by atoms with Crippen LogP contribution in [0, 0.1) is 0 Å². The van der Waals surface area contributed by atoms with Gasteiger partial charge in [-0.25, -0.2) is 31.7 Å². The van der Waals surface area contributed by atoms with E-state index in [0.717, 1.165) is 0 Å². The van der Waals surface area contributed by atoms with Crippen LogP contribution in [0.4, 0.5) is 8.78 Å². The lowest BCUT2D eigenvalue weighted by Gasteiger charge is -2.04. The minimum absolute atomic E-state index is 0.157. The summed E-state index contributed by atoms with van der Waals surface area (Å²) < 4.78 is 55.5. The lowest BCUT2D eigenvalue weighted by atomic mass is 10.3. The maximum atomic E-state index is 12.1. The van der Waals surface area contributed by atoms with Crippen molar-refractivity contribution in [2.45, 2.75) is 11.5 Å². The van der Waals surface area contributed by atoms with E-state index in [-0.39, 0.29) is 16.1 Å². The molecular formula is C11H11F2N3O4S. The molecule has 7 nitrogen and oxygen atoms in total. The van der Waals surface area contributed by atoms with Crippen LogP contribution in [0.1, 0.15) is 10.4 Å². The number of ether oxygens (including phenoxy) is 1. The highest BCUT2D eigenvalue weighted by Gasteiger charge is 2.22. The van der Waals surface area contributed by atoms with Crippen molar-refractivity contribution < 1.29 is 26.7 Å². The number of hydrogen-bond donors (Lipinski definition) is 1. The van der Waals surface area contributed by atoms with Crippen LogP contribution in [-0.2, 0) is 14.8 Å². The van der Waals surface area contributed by atoms with E-state index in [2.05, 4.69) is 9.72 Å². The number of carbonyl (C=O) groups excluding carboxylic acids is 1. The molecule has 0 radical (unpaired) electrons.